The highest BCUT2D eigenvalue weighted by Gasteiger charge is 2.45. The third-order valence-electron chi connectivity index (χ3n) is 3.54. The Balaban J connectivity index is 1.86. The van der Waals surface area contributed by atoms with Crippen LogP contribution in [0.4, 0.5) is 13.2 Å². The first-order chi connectivity index (χ1) is 9.98. The number of halogens is 3. The van der Waals surface area contributed by atoms with Crippen molar-refractivity contribution in [1.29, 1.82) is 0 Å². The molecule has 1 aliphatic heterocycles. The van der Waals surface area contributed by atoms with Gasteiger partial charge in [0.15, 0.2) is 0 Å². The Labute approximate surface area is 126 Å². The van der Waals surface area contributed by atoms with Crippen molar-refractivity contribution in [2.45, 2.75) is 37.2 Å². The van der Waals surface area contributed by atoms with Crippen LogP contribution in [-0.2, 0) is 10.5 Å². The van der Waals surface area contributed by atoms with Crippen LogP contribution in [0.3, 0.4) is 0 Å². The van der Waals surface area contributed by atoms with Gasteiger partial charge in [0.2, 0.25) is 5.91 Å². The number of thioether (sulfide) groups is 1. The minimum absolute atomic E-state index is 0.0264. The van der Waals surface area contributed by atoms with Gasteiger partial charge in [0.25, 0.3) is 0 Å². The van der Waals surface area contributed by atoms with E-state index in [2.05, 4.69) is 0 Å². The first-order valence-corrected chi connectivity index (χ1v) is 8.12. The molecular weight excluding hydrogens is 299 g/mol. The van der Waals surface area contributed by atoms with Crippen molar-refractivity contribution >= 4 is 17.7 Å². The second kappa shape index (κ2) is 7.20. The van der Waals surface area contributed by atoms with E-state index in [1.807, 2.05) is 30.3 Å². The zero-order valence-corrected chi connectivity index (χ0v) is 12.4. The molecule has 1 atom stereocenters. The van der Waals surface area contributed by atoms with E-state index in [-0.39, 0.29) is 18.7 Å². The summed E-state index contributed by atoms with van der Waals surface area (Å²) in [6, 6.07) is 8.00. The Kier molecular flexibility index (Phi) is 5.56. The standard InChI is InChI=1S/C15H18F3NOS/c16-15(17,18)13-8-4-5-9-19(13)14(20)11-21-10-12-6-2-1-3-7-12/h1-3,6-7,13H,4-5,8-11H2. The maximum absolute atomic E-state index is 12.9. The van der Waals surface area contributed by atoms with Crippen LogP contribution >= 0.6 is 11.8 Å². The number of hydrogen-bond donors (Lipinski definition) is 0. The molecule has 21 heavy (non-hydrogen) atoms. The number of hydrogen-bond acceptors (Lipinski definition) is 2. The van der Waals surface area contributed by atoms with Gasteiger partial charge in [-0.05, 0) is 24.8 Å². The van der Waals surface area contributed by atoms with Gasteiger partial charge in [-0.3, -0.25) is 4.79 Å². The van der Waals surface area contributed by atoms with Crippen LogP contribution in [0.5, 0.6) is 0 Å². The second-order valence-corrected chi connectivity index (χ2v) is 6.10. The third-order valence-corrected chi connectivity index (χ3v) is 4.53. The summed E-state index contributed by atoms with van der Waals surface area (Å²) >= 11 is 1.36. The predicted octanol–water partition coefficient (Wildman–Crippen LogP) is 3.86. The molecule has 1 aliphatic rings. The van der Waals surface area contributed by atoms with Crippen molar-refractivity contribution in [3.8, 4) is 0 Å². The van der Waals surface area contributed by atoms with Crippen molar-refractivity contribution in [3.63, 3.8) is 0 Å². The Bertz CT molecular complexity index is 464. The highest BCUT2D eigenvalue weighted by Crippen LogP contribution is 2.32. The topological polar surface area (TPSA) is 20.3 Å². The molecule has 0 bridgehead atoms. The fourth-order valence-corrected chi connectivity index (χ4v) is 3.35. The van der Waals surface area contributed by atoms with E-state index in [9.17, 15) is 18.0 Å². The summed E-state index contributed by atoms with van der Waals surface area (Å²) in [6.45, 7) is 0.217. The van der Waals surface area contributed by atoms with Crippen molar-refractivity contribution < 1.29 is 18.0 Å². The van der Waals surface area contributed by atoms with E-state index in [0.717, 1.165) is 10.5 Å². The molecule has 0 spiro atoms. The van der Waals surface area contributed by atoms with Gasteiger partial charge in [0, 0.05) is 12.3 Å². The molecule has 0 saturated carbocycles. The Hall–Kier alpha value is -1.17. The normalized spacial score (nSPS) is 19.6. The van der Waals surface area contributed by atoms with Gasteiger partial charge in [0.05, 0.1) is 5.75 Å². The van der Waals surface area contributed by atoms with Crippen molar-refractivity contribution in [2.24, 2.45) is 0 Å². The quantitative estimate of drug-likeness (QED) is 0.840. The van der Waals surface area contributed by atoms with E-state index in [1.54, 1.807) is 0 Å². The maximum atomic E-state index is 12.9. The number of carbonyl (C=O) groups excluding carboxylic acids is 1. The second-order valence-electron chi connectivity index (χ2n) is 5.12. The van der Waals surface area contributed by atoms with Crippen LogP contribution in [0, 0.1) is 0 Å². The molecule has 0 aromatic heterocycles. The van der Waals surface area contributed by atoms with E-state index in [0.29, 0.717) is 18.6 Å². The molecule has 2 rings (SSSR count). The van der Waals surface area contributed by atoms with E-state index >= 15 is 0 Å². The molecule has 2 nitrogen and oxygen atoms in total. The van der Waals surface area contributed by atoms with Crippen LogP contribution in [0.15, 0.2) is 30.3 Å². The maximum Gasteiger partial charge on any atom is 0.408 e. The lowest BCUT2D eigenvalue weighted by Crippen LogP contribution is -2.51. The smallest absolute Gasteiger partial charge is 0.330 e. The first-order valence-electron chi connectivity index (χ1n) is 6.96. The molecule has 1 unspecified atom stereocenters. The summed E-state index contributed by atoms with van der Waals surface area (Å²) in [5, 5.41) is 0. The average Bonchev–Trinajstić information content (AvgIpc) is 2.47. The minimum Gasteiger partial charge on any atom is -0.330 e. The lowest BCUT2D eigenvalue weighted by Gasteiger charge is -2.36. The predicted molar refractivity (Wildman–Crippen MR) is 78.0 cm³/mol. The summed E-state index contributed by atoms with van der Waals surface area (Å²) in [6.07, 6.45) is -3.11. The lowest BCUT2D eigenvalue weighted by molar-refractivity contribution is -0.194. The highest BCUT2D eigenvalue weighted by molar-refractivity contribution is 7.99. The highest BCUT2D eigenvalue weighted by atomic mass is 32.2. The molecule has 1 aromatic carbocycles. The van der Waals surface area contributed by atoms with Gasteiger partial charge in [0.1, 0.15) is 6.04 Å². The van der Waals surface area contributed by atoms with Crippen LogP contribution in [0.1, 0.15) is 24.8 Å². The SMILES string of the molecule is O=C(CSCc1ccccc1)N1CCCCC1C(F)(F)F. The zero-order valence-electron chi connectivity index (χ0n) is 11.6. The van der Waals surface area contributed by atoms with Crippen LogP contribution in [0.25, 0.3) is 0 Å². The molecule has 1 aromatic rings. The lowest BCUT2D eigenvalue weighted by atomic mass is 10.0. The molecule has 0 radical (unpaired) electrons. The molecule has 1 heterocycles. The van der Waals surface area contributed by atoms with Crippen LogP contribution < -0.4 is 0 Å². The van der Waals surface area contributed by atoms with Gasteiger partial charge in [-0.2, -0.15) is 13.2 Å². The molecule has 116 valence electrons. The van der Waals surface area contributed by atoms with Crippen LogP contribution in [-0.4, -0.2) is 35.3 Å². The number of carbonyl (C=O) groups is 1. The number of likely N-dealkylation sites (tertiary alicyclic amines) is 1. The third kappa shape index (κ3) is 4.66. The average molecular weight is 317 g/mol. The molecule has 1 fully saturated rings. The molecule has 0 N–H and O–H groups in total. The number of piperidine rings is 1. The summed E-state index contributed by atoms with van der Waals surface area (Å²) in [4.78, 5) is 13.1. The number of benzene rings is 1. The van der Waals surface area contributed by atoms with Gasteiger partial charge in [-0.15, -0.1) is 11.8 Å². The summed E-state index contributed by atoms with van der Waals surface area (Å²) in [5.41, 5.74) is 1.07. The number of nitrogens with zero attached hydrogens (tertiary/aromatic N) is 1. The molecular formula is C15H18F3NOS. The van der Waals surface area contributed by atoms with Crippen molar-refractivity contribution in [1.82, 2.24) is 4.90 Å². The monoisotopic (exact) mass is 317 g/mol. The fourth-order valence-electron chi connectivity index (χ4n) is 2.48. The van der Waals surface area contributed by atoms with Gasteiger partial charge >= 0.3 is 6.18 Å². The Morgan fingerprint density at radius 3 is 2.62 bits per heavy atom. The molecule has 1 saturated heterocycles. The van der Waals surface area contributed by atoms with Gasteiger partial charge < -0.3 is 4.90 Å². The van der Waals surface area contributed by atoms with Crippen molar-refractivity contribution in [2.75, 3.05) is 12.3 Å². The summed E-state index contributed by atoms with van der Waals surface area (Å²) in [7, 11) is 0. The van der Waals surface area contributed by atoms with Gasteiger partial charge in [-0.25, -0.2) is 0 Å². The van der Waals surface area contributed by atoms with Crippen molar-refractivity contribution in [3.05, 3.63) is 35.9 Å². The summed E-state index contributed by atoms with van der Waals surface area (Å²) in [5.74, 6) is 0.330. The largest absolute Gasteiger partial charge is 0.408 e. The Morgan fingerprint density at radius 1 is 1.24 bits per heavy atom. The van der Waals surface area contributed by atoms with Crippen LogP contribution in [0.2, 0.25) is 0 Å². The van der Waals surface area contributed by atoms with E-state index in [1.165, 1.54) is 11.8 Å². The molecule has 6 heteroatoms. The number of alkyl halides is 3. The van der Waals surface area contributed by atoms with E-state index < -0.39 is 18.1 Å². The molecule has 1 amide bonds. The number of amides is 1. The summed E-state index contributed by atoms with van der Waals surface area (Å²) < 4.78 is 38.8. The fraction of sp³-hybridized carbons (Fsp3) is 0.533. The number of rotatable bonds is 4. The zero-order chi connectivity index (χ0) is 15.3. The van der Waals surface area contributed by atoms with Gasteiger partial charge in [-0.1, -0.05) is 30.3 Å². The Morgan fingerprint density at radius 2 is 1.95 bits per heavy atom. The minimum atomic E-state index is -4.32. The first kappa shape index (κ1) is 16.2. The molecule has 0 aliphatic carbocycles. The van der Waals surface area contributed by atoms with E-state index in [4.69, 9.17) is 0 Å².